The Balaban J connectivity index is 1.78. The van der Waals surface area contributed by atoms with Crippen LogP contribution >= 0.6 is 35.0 Å². The summed E-state index contributed by atoms with van der Waals surface area (Å²) in [6, 6.07) is 12.9. The molecule has 2 aromatic carbocycles. The Morgan fingerprint density at radius 3 is 2.52 bits per heavy atom. The predicted octanol–water partition coefficient (Wildman–Crippen LogP) is 3.25. The predicted molar refractivity (Wildman–Crippen MR) is 105 cm³/mol. The number of methoxy groups -OCH3 is 1. The first-order chi connectivity index (χ1) is 12.0. The highest BCUT2D eigenvalue weighted by Crippen LogP contribution is 2.27. The topological polar surface area (TPSA) is 42.8 Å². The number of halogens is 2. The zero-order chi connectivity index (χ0) is 18.2. The van der Waals surface area contributed by atoms with E-state index in [-0.39, 0.29) is 5.91 Å². The number of nitrogens with one attached hydrogen (secondary N) is 2. The summed E-state index contributed by atoms with van der Waals surface area (Å²) in [5.74, 6) is 1.43. The third kappa shape index (κ3) is 6.78. The van der Waals surface area contributed by atoms with Crippen LogP contribution < -0.4 is 15.0 Å². The lowest BCUT2D eigenvalue weighted by Gasteiger charge is -2.15. The number of benzene rings is 2. The zero-order valence-corrected chi connectivity index (χ0v) is 16.5. The van der Waals surface area contributed by atoms with E-state index in [9.17, 15) is 4.79 Å². The van der Waals surface area contributed by atoms with Crippen LogP contribution in [0.3, 0.4) is 0 Å². The molecule has 4 nitrogen and oxygen atoms in total. The average molecular weight is 400 g/mol. The number of ether oxygens (including phenoxy) is 1. The molecule has 0 bridgehead atoms. The number of anilines is 1. The number of likely N-dealkylation sites (N-methyl/N-ethyl adjacent to an activating group) is 1. The lowest BCUT2D eigenvalue weighted by atomic mass is 10.3. The van der Waals surface area contributed by atoms with Gasteiger partial charge >= 0.3 is 0 Å². The number of carbonyl (C=O) groups is 1. The van der Waals surface area contributed by atoms with Crippen molar-refractivity contribution in [3.63, 3.8) is 0 Å². The number of carbonyl (C=O) groups excluding carboxylic acids is 1. The maximum atomic E-state index is 12.2. The third-order valence-corrected chi connectivity index (χ3v) is 5.01. The molecular formula is C18H21Cl2N2O2S+. The molecule has 0 heterocycles. The van der Waals surface area contributed by atoms with E-state index in [4.69, 9.17) is 27.9 Å². The van der Waals surface area contributed by atoms with Crippen LogP contribution in [-0.2, 0) is 4.79 Å². The molecule has 1 atom stereocenters. The lowest BCUT2D eigenvalue weighted by Crippen LogP contribution is -3.10. The van der Waals surface area contributed by atoms with Crippen molar-refractivity contribution in [2.75, 3.05) is 38.3 Å². The quantitative estimate of drug-likeness (QED) is 0.669. The van der Waals surface area contributed by atoms with E-state index in [1.807, 2.05) is 31.3 Å². The van der Waals surface area contributed by atoms with Crippen LogP contribution in [0.2, 0.25) is 10.0 Å². The van der Waals surface area contributed by atoms with Gasteiger partial charge in [0.1, 0.15) is 5.75 Å². The van der Waals surface area contributed by atoms with Crippen LogP contribution in [0.25, 0.3) is 0 Å². The molecule has 0 aliphatic carbocycles. The van der Waals surface area contributed by atoms with Crippen LogP contribution in [0.1, 0.15) is 0 Å². The van der Waals surface area contributed by atoms with E-state index in [2.05, 4.69) is 5.32 Å². The van der Waals surface area contributed by atoms with Gasteiger partial charge < -0.3 is 15.0 Å². The molecule has 0 radical (unpaired) electrons. The van der Waals surface area contributed by atoms with Gasteiger partial charge in [-0.1, -0.05) is 23.2 Å². The van der Waals surface area contributed by atoms with Crippen LogP contribution in [0.15, 0.2) is 47.4 Å². The Morgan fingerprint density at radius 1 is 1.16 bits per heavy atom. The zero-order valence-electron chi connectivity index (χ0n) is 14.1. The lowest BCUT2D eigenvalue weighted by molar-refractivity contribution is -0.868. The van der Waals surface area contributed by atoms with Crippen molar-refractivity contribution in [1.82, 2.24) is 0 Å². The van der Waals surface area contributed by atoms with Crippen molar-refractivity contribution >= 4 is 46.6 Å². The first-order valence-corrected chi connectivity index (χ1v) is 9.55. The van der Waals surface area contributed by atoms with Gasteiger partial charge in [-0.3, -0.25) is 4.79 Å². The van der Waals surface area contributed by atoms with Crippen molar-refractivity contribution in [3.05, 3.63) is 52.5 Å². The summed E-state index contributed by atoms with van der Waals surface area (Å²) in [5.41, 5.74) is 0.586. The van der Waals surface area contributed by atoms with Crippen molar-refractivity contribution in [3.8, 4) is 5.75 Å². The van der Waals surface area contributed by atoms with E-state index in [1.165, 1.54) is 4.90 Å². The fraction of sp³-hybridized carbons (Fsp3) is 0.278. The fourth-order valence-corrected chi connectivity index (χ4v) is 3.52. The van der Waals surface area contributed by atoms with Gasteiger partial charge in [-0.2, -0.15) is 0 Å². The summed E-state index contributed by atoms with van der Waals surface area (Å²) in [6.45, 7) is 1.24. The van der Waals surface area contributed by atoms with Gasteiger partial charge in [-0.25, -0.2) is 0 Å². The van der Waals surface area contributed by atoms with E-state index < -0.39 is 0 Å². The second kappa shape index (κ2) is 9.92. The molecule has 25 heavy (non-hydrogen) atoms. The van der Waals surface area contributed by atoms with E-state index in [0.717, 1.165) is 22.2 Å². The summed E-state index contributed by atoms with van der Waals surface area (Å²) in [6.07, 6.45) is 0. The van der Waals surface area contributed by atoms with Crippen molar-refractivity contribution < 1.29 is 14.4 Å². The number of rotatable bonds is 8. The number of thioether (sulfide) groups is 1. The Bertz CT molecular complexity index is 711. The summed E-state index contributed by atoms with van der Waals surface area (Å²) >= 11 is 13.6. The summed E-state index contributed by atoms with van der Waals surface area (Å²) in [5, 5.41) is 4.15. The monoisotopic (exact) mass is 399 g/mol. The standard InChI is InChI=1S/C18H20Cl2N2O2S/c1-22(9-10-25-15-6-3-13(19)4-7-15)12-18(23)21-16-11-14(20)5-8-17(16)24-2/h3-8,11H,9-10,12H2,1-2H3,(H,21,23)/p+1. The van der Waals surface area contributed by atoms with Crippen LogP contribution in [0.5, 0.6) is 5.75 Å². The first-order valence-electron chi connectivity index (χ1n) is 7.81. The molecule has 1 unspecified atom stereocenters. The van der Waals surface area contributed by atoms with Crippen molar-refractivity contribution in [2.24, 2.45) is 0 Å². The molecule has 2 aromatic rings. The normalized spacial score (nSPS) is 11.8. The maximum absolute atomic E-state index is 12.2. The highest BCUT2D eigenvalue weighted by atomic mass is 35.5. The highest BCUT2D eigenvalue weighted by molar-refractivity contribution is 7.99. The van der Waals surface area contributed by atoms with Gasteiger partial charge in [0.25, 0.3) is 5.91 Å². The molecule has 0 saturated heterocycles. The summed E-state index contributed by atoms with van der Waals surface area (Å²) in [4.78, 5) is 14.5. The van der Waals surface area contributed by atoms with Crippen LogP contribution in [-0.4, -0.2) is 38.9 Å². The Labute approximate surface area is 162 Å². The SMILES string of the molecule is COc1ccc(Cl)cc1NC(=O)C[NH+](C)CCSc1ccc(Cl)cc1. The Kier molecular flexibility index (Phi) is 7.90. The molecule has 0 spiro atoms. The molecule has 2 rings (SSSR count). The third-order valence-electron chi connectivity index (χ3n) is 3.51. The largest absolute Gasteiger partial charge is 0.495 e. The van der Waals surface area contributed by atoms with Crippen molar-refractivity contribution in [2.45, 2.75) is 4.90 Å². The minimum absolute atomic E-state index is 0.0745. The maximum Gasteiger partial charge on any atom is 0.279 e. The van der Waals surface area contributed by atoms with Gasteiger partial charge in [-0.15, -0.1) is 11.8 Å². The van der Waals surface area contributed by atoms with Gasteiger partial charge in [0, 0.05) is 20.7 Å². The second-order valence-corrected chi connectivity index (χ2v) is 7.62. The number of amides is 1. The summed E-state index contributed by atoms with van der Waals surface area (Å²) < 4.78 is 5.24. The van der Waals surface area contributed by atoms with Gasteiger partial charge in [0.05, 0.1) is 26.4 Å². The van der Waals surface area contributed by atoms with Gasteiger partial charge in [0.2, 0.25) is 0 Å². The molecule has 7 heteroatoms. The minimum Gasteiger partial charge on any atom is -0.495 e. The minimum atomic E-state index is -0.0745. The first kappa shape index (κ1) is 19.9. The highest BCUT2D eigenvalue weighted by Gasteiger charge is 2.13. The number of hydrogen-bond donors (Lipinski definition) is 2. The smallest absolute Gasteiger partial charge is 0.279 e. The molecule has 134 valence electrons. The average Bonchev–Trinajstić information content (AvgIpc) is 2.57. The molecule has 0 aliphatic heterocycles. The Hall–Kier alpha value is -1.40. The van der Waals surface area contributed by atoms with E-state index >= 15 is 0 Å². The Morgan fingerprint density at radius 2 is 1.84 bits per heavy atom. The van der Waals surface area contributed by atoms with Gasteiger partial charge in [-0.05, 0) is 42.5 Å². The molecule has 0 saturated carbocycles. The molecule has 2 N–H and O–H groups in total. The molecular weight excluding hydrogens is 379 g/mol. The fourth-order valence-electron chi connectivity index (χ4n) is 2.21. The molecule has 1 amide bonds. The summed E-state index contributed by atoms with van der Waals surface area (Å²) in [7, 11) is 3.56. The van der Waals surface area contributed by atoms with E-state index in [0.29, 0.717) is 23.0 Å². The molecule has 0 aliphatic rings. The van der Waals surface area contributed by atoms with Gasteiger partial charge in [0.15, 0.2) is 6.54 Å². The molecule has 0 fully saturated rings. The van der Waals surface area contributed by atoms with E-state index in [1.54, 1.807) is 37.1 Å². The molecule has 0 aromatic heterocycles. The second-order valence-electron chi connectivity index (χ2n) is 5.58. The van der Waals surface area contributed by atoms with Crippen LogP contribution in [0, 0.1) is 0 Å². The number of quaternary nitrogens is 1. The van der Waals surface area contributed by atoms with Crippen molar-refractivity contribution in [1.29, 1.82) is 0 Å². The van der Waals surface area contributed by atoms with Crippen LogP contribution in [0.4, 0.5) is 5.69 Å². The number of hydrogen-bond acceptors (Lipinski definition) is 3.